The molecule has 2 aromatic heterocycles. The van der Waals surface area contributed by atoms with Crippen molar-refractivity contribution >= 4 is 64.2 Å². The maximum Gasteiger partial charge on any atom is 0.314 e. The Kier molecular flexibility index (Phi) is 35.0. The molecule has 0 spiro atoms. The molecule has 3 amide bonds. The normalized spacial score (nSPS) is 12.4. The highest BCUT2D eigenvalue weighted by atomic mass is 35.5. The van der Waals surface area contributed by atoms with Crippen LogP contribution in [0.15, 0.2) is 48.5 Å². The second kappa shape index (κ2) is 41.3. The molecule has 0 bridgehead atoms. The van der Waals surface area contributed by atoms with Crippen LogP contribution in [0.3, 0.4) is 0 Å². The number of hydrogen-bond acceptors (Lipinski definition) is 17. The highest BCUT2D eigenvalue weighted by Crippen LogP contribution is 2.25. The van der Waals surface area contributed by atoms with E-state index in [2.05, 4.69) is 102 Å². The summed E-state index contributed by atoms with van der Waals surface area (Å²) in [4.78, 5) is 66.7. The van der Waals surface area contributed by atoms with Crippen molar-refractivity contribution in [3.63, 3.8) is 0 Å². The molecular formula is C64H102Cl2N12O10+2. The third kappa shape index (κ3) is 29.1. The van der Waals surface area contributed by atoms with Crippen LogP contribution in [0, 0.1) is 6.92 Å². The van der Waals surface area contributed by atoms with Gasteiger partial charge in [-0.15, -0.1) is 0 Å². The lowest BCUT2D eigenvalue weighted by Gasteiger charge is -2.38. The van der Waals surface area contributed by atoms with Gasteiger partial charge in [-0.05, 0) is 80.8 Å². The molecule has 0 fully saturated rings. The van der Waals surface area contributed by atoms with E-state index in [1.807, 2.05) is 24.3 Å². The number of benzene rings is 2. The van der Waals surface area contributed by atoms with Gasteiger partial charge in [0.2, 0.25) is 0 Å². The number of likely N-dealkylation sites (N-methyl/N-ethyl adjacent to an activating group) is 1. The molecule has 0 aliphatic heterocycles. The van der Waals surface area contributed by atoms with E-state index in [1.165, 1.54) is 11.1 Å². The number of Topliss-reactive ketones (excluding diaryl/α,β-unsaturated/α-hetero) is 2. The Bertz CT molecular complexity index is 2510. The highest BCUT2D eigenvalue weighted by Gasteiger charge is 2.30. The average molecular weight is 1270 g/mol. The molecule has 22 nitrogen and oxygen atoms in total. The summed E-state index contributed by atoms with van der Waals surface area (Å²) in [5.41, 5.74) is 20.7. The van der Waals surface area contributed by atoms with E-state index in [-0.39, 0.29) is 62.8 Å². The van der Waals surface area contributed by atoms with Crippen molar-refractivity contribution in [3.05, 3.63) is 87.0 Å². The minimum absolute atomic E-state index is 0.0155. The molecule has 24 heteroatoms. The van der Waals surface area contributed by atoms with Crippen molar-refractivity contribution < 1.29 is 56.6 Å². The van der Waals surface area contributed by atoms with Crippen LogP contribution in [0.2, 0.25) is 10.3 Å². The topological polar surface area (TPSA) is 289 Å². The number of anilines is 3. The number of ketones is 2. The van der Waals surface area contributed by atoms with Gasteiger partial charge in [0.05, 0.1) is 106 Å². The third-order valence-electron chi connectivity index (χ3n) is 15.5. The molecule has 0 saturated heterocycles. The van der Waals surface area contributed by atoms with Gasteiger partial charge in [-0.2, -0.15) is 0 Å². The summed E-state index contributed by atoms with van der Waals surface area (Å²) in [7, 11) is 8.87. The number of carbonyl (C=O) groups excluding carboxylic acids is 4. The Morgan fingerprint density at radius 3 is 1.60 bits per heavy atom. The number of aryl methyl sites for hydroxylation is 3. The molecule has 88 heavy (non-hydrogen) atoms. The Labute approximate surface area is 532 Å². The number of hydrogen-bond donors (Lipinski definition) is 6. The Hall–Kier alpha value is -5.98. The maximum atomic E-state index is 13.0. The van der Waals surface area contributed by atoms with Crippen LogP contribution >= 0.6 is 23.2 Å². The summed E-state index contributed by atoms with van der Waals surface area (Å²) >= 11 is 12.1. The fourth-order valence-electron chi connectivity index (χ4n) is 10.2. The smallest absolute Gasteiger partial charge is 0.314 e. The lowest BCUT2D eigenvalue weighted by Crippen LogP contribution is -2.54. The first-order chi connectivity index (χ1) is 42.2. The lowest BCUT2D eigenvalue weighted by molar-refractivity contribution is -0.916. The van der Waals surface area contributed by atoms with E-state index in [1.54, 1.807) is 6.92 Å². The number of rotatable bonds is 48. The van der Waals surface area contributed by atoms with E-state index in [4.69, 9.17) is 68.8 Å². The predicted octanol–water partition coefficient (Wildman–Crippen LogP) is 8.81. The van der Waals surface area contributed by atoms with Gasteiger partial charge in [0.25, 0.3) is 5.91 Å². The summed E-state index contributed by atoms with van der Waals surface area (Å²) in [5, 5.41) is 8.77. The number of nitrogens with two attached hydrogens (primary N) is 3. The summed E-state index contributed by atoms with van der Waals surface area (Å²) < 4.78 is 35.9. The number of ether oxygens (including phenoxy) is 6. The number of aromatic nitrogens is 4. The molecule has 2 aromatic carbocycles. The molecule has 9 N–H and O–H groups in total. The average Bonchev–Trinajstić information content (AvgIpc) is 3.58. The molecule has 4 rings (SSSR count). The first kappa shape index (κ1) is 74.5. The van der Waals surface area contributed by atoms with Crippen molar-refractivity contribution in [2.45, 2.75) is 136 Å². The predicted molar refractivity (Wildman–Crippen MR) is 347 cm³/mol. The quantitative estimate of drug-likeness (QED) is 0.0137. The van der Waals surface area contributed by atoms with Gasteiger partial charge in [-0.3, -0.25) is 14.4 Å². The van der Waals surface area contributed by atoms with Crippen LogP contribution in [-0.2, 0) is 36.6 Å². The first-order valence-electron chi connectivity index (χ1n) is 31.4. The van der Waals surface area contributed by atoms with E-state index < -0.39 is 5.91 Å². The number of carbonyl (C=O) groups is 4. The molecule has 2 heterocycles. The van der Waals surface area contributed by atoms with Crippen molar-refractivity contribution in [2.75, 3.05) is 144 Å². The first-order valence-corrected chi connectivity index (χ1v) is 32.1. The number of nitrogens with zero attached hydrogens (tertiary/aromatic N) is 6. The van der Waals surface area contributed by atoms with Gasteiger partial charge in [-0.1, -0.05) is 80.6 Å². The standard InChI is InChI=1S/C64H100Cl2N12O10/c1-8-16-50(26-31-55(80)56-60(67)73-47(3)58(65)74-56)77(4,5)34-13-18-48-22-27-53(28-23-48)87-44-42-85-40-38-83-36-15-21-52(79)20-11-10-12-32-70-64(82)71-33-37-84-39-41-86-43-45-88-54-29-24-49(25-30-54)19-14-35-78(6,7)51(17-9-2)46-72-63(81)57-61(68)76-62(69)59(66)75-57/h22-25,27-30,50-51H,8-21,26,31-46H2,1-7H3,(H7-2,67,68,69,70,71,72,73,76,80,81,82)/p+2/t50-,51-/m0/s1. The number of amides is 3. The second-order valence-corrected chi connectivity index (χ2v) is 24.0. The molecule has 0 unspecified atom stereocenters. The van der Waals surface area contributed by atoms with Crippen LogP contribution in [0.25, 0.3) is 0 Å². The zero-order valence-electron chi connectivity index (χ0n) is 53.4. The summed E-state index contributed by atoms with van der Waals surface area (Å²) in [6.07, 6.45) is 13.0. The van der Waals surface area contributed by atoms with Crippen LogP contribution in [0.1, 0.15) is 142 Å². The number of unbranched alkanes of at least 4 members (excludes halogenated alkanes) is 2. The van der Waals surface area contributed by atoms with Crippen LogP contribution in [0.4, 0.5) is 22.2 Å². The fourth-order valence-corrected chi connectivity index (χ4v) is 10.5. The Morgan fingerprint density at radius 1 is 0.511 bits per heavy atom. The van der Waals surface area contributed by atoms with E-state index in [0.717, 1.165) is 111 Å². The zero-order valence-corrected chi connectivity index (χ0v) is 55.0. The minimum atomic E-state index is -0.429. The Balaban J connectivity index is 0.890. The summed E-state index contributed by atoms with van der Waals surface area (Å²) in [6, 6.07) is 16.6. The summed E-state index contributed by atoms with van der Waals surface area (Å²) in [5.74, 6) is 1.31. The highest BCUT2D eigenvalue weighted by molar-refractivity contribution is 6.31. The number of urea groups is 1. The van der Waals surface area contributed by atoms with Crippen molar-refractivity contribution in [1.29, 1.82) is 0 Å². The number of quaternary nitrogens is 2. The van der Waals surface area contributed by atoms with Crippen LogP contribution in [0.5, 0.6) is 11.5 Å². The number of nitrogen functional groups attached to an aromatic ring is 3. The van der Waals surface area contributed by atoms with Gasteiger partial charge in [0.15, 0.2) is 39.2 Å². The number of halogens is 2. The monoisotopic (exact) mass is 1270 g/mol. The third-order valence-corrected chi connectivity index (χ3v) is 16.2. The Morgan fingerprint density at radius 2 is 1.01 bits per heavy atom. The second-order valence-electron chi connectivity index (χ2n) is 23.3. The molecule has 0 saturated carbocycles. The van der Waals surface area contributed by atoms with Gasteiger partial charge in [0.1, 0.15) is 42.2 Å². The maximum absolute atomic E-state index is 13.0. The van der Waals surface area contributed by atoms with E-state index >= 15 is 0 Å². The summed E-state index contributed by atoms with van der Waals surface area (Å²) in [6.45, 7) is 13.6. The SMILES string of the molecule is CCC[C@@H](CCC(=O)c1nc(Cl)c(C)nc1N)[N+](C)(C)CCCc1ccc(OCCOCCOCCCC(=O)CCCCCNC(=O)NCCOCCOCCOc2ccc(CCC[N+](C)(C)[C@@H](CCC)CNC(=O)c3nc(Cl)c(N)nc3N)cc2)cc1. The molecule has 4 aromatic rings. The van der Waals surface area contributed by atoms with Gasteiger partial charge < -0.3 is 70.5 Å². The van der Waals surface area contributed by atoms with Gasteiger partial charge in [-0.25, -0.2) is 24.7 Å². The van der Waals surface area contributed by atoms with Crippen molar-refractivity contribution in [1.82, 2.24) is 35.9 Å². The van der Waals surface area contributed by atoms with E-state index in [9.17, 15) is 19.2 Å². The van der Waals surface area contributed by atoms with E-state index in [0.29, 0.717) is 123 Å². The largest absolute Gasteiger partial charge is 0.491 e. The van der Waals surface area contributed by atoms with Crippen molar-refractivity contribution in [3.8, 4) is 11.5 Å². The van der Waals surface area contributed by atoms with Crippen LogP contribution in [-0.4, -0.2) is 191 Å². The van der Waals surface area contributed by atoms with Gasteiger partial charge >= 0.3 is 6.03 Å². The molecule has 2 atom stereocenters. The van der Waals surface area contributed by atoms with Gasteiger partial charge in [0, 0.05) is 64.6 Å². The molecule has 0 aliphatic carbocycles. The zero-order chi connectivity index (χ0) is 64.2. The molecule has 0 radical (unpaired) electrons. The minimum Gasteiger partial charge on any atom is -0.491 e. The fraction of sp³-hybridized carbons (Fsp3) is 0.625. The molecule has 0 aliphatic rings. The number of nitrogens with one attached hydrogen (secondary N) is 3. The lowest BCUT2D eigenvalue weighted by atomic mass is 9.99. The van der Waals surface area contributed by atoms with Crippen molar-refractivity contribution in [2.24, 2.45) is 0 Å². The molecular weight excluding hydrogens is 1170 g/mol. The van der Waals surface area contributed by atoms with Crippen LogP contribution < -0.4 is 42.6 Å². The molecule has 490 valence electrons.